The van der Waals surface area contributed by atoms with Crippen molar-refractivity contribution < 1.29 is 21.7 Å². The van der Waals surface area contributed by atoms with Gasteiger partial charge >= 0.3 is 0 Å². The second kappa shape index (κ2) is 8.38. The van der Waals surface area contributed by atoms with E-state index < -0.39 is 23.0 Å². The molecule has 0 spiro atoms. The maximum Gasteiger partial charge on any atom is 0.257 e. The van der Waals surface area contributed by atoms with E-state index in [0.717, 1.165) is 0 Å². The Kier molecular flexibility index (Phi) is 6.49. The van der Waals surface area contributed by atoms with Crippen LogP contribution in [0.2, 0.25) is 0 Å². The van der Waals surface area contributed by atoms with Crippen LogP contribution in [-0.4, -0.2) is 74.4 Å². The van der Waals surface area contributed by atoms with Crippen molar-refractivity contribution in [2.24, 2.45) is 4.99 Å². The molecule has 0 saturated carbocycles. The number of alkyl halides is 2. The summed E-state index contributed by atoms with van der Waals surface area (Å²) in [5.74, 6) is 0.162. The molecule has 1 aliphatic heterocycles. The van der Waals surface area contributed by atoms with Crippen LogP contribution >= 0.6 is 0 Å². The van der Waals surface area contributed by atoms with Crippen molar-refractivity contribution in [1.29, 1.82) is 0 Å². The van der Waals surface area contributed by atoms with Crippen molar-refractivity contribution in [3.63, 3.8) is 0 Å². The smallest absolute Gasteiger partial charge is 0.257 e. The molecule has 1 fully saturated rings. The highest BCUT2D eigenvalue weighted by Crippen LogP contribution is 2.13. The zero-order chi connectivity index (χ0) is 17.6. The van der Waals surface area contributed by atoms with Crippen LogP contribution in [-0.2, 0) is 15.8 Å². The van der Waals surface area contributed by atoms with Crippen molar-refractivity contribution in [2.45, 2.75) is 19.1 Å². The standard InChI is InChI=1S/C13H21F2N5O3S/c1-2-16-13(17-9-12(14)15)19-4-6-20(7-5-19)24(21,22)10-11-3-8-23-18-11/h3,8,12H,2,4-7,9-10H2,1H3,(H,16,17). The summed E-state index contributed by atoms with van der Waals surface area (Å²) in [5.41, 5.74) is 0.351. The lowest BCUT2D eigenvalue weighted by Gasteiger charge is -2.35. The Hall–Kier alpha value is -1.75. The molecule has 0 amide bonds. The zero-order valence-corrected chi connectivity index (χ0v) is 14.2. The molecule has 2 rings (SSSR count). The third kappa shape index (κ3) is 5.13. The third-order valence-corrected chi connectivity index (χ3v) is 5.28. The van der Waals surface area contributed by atoms with Gasteiger partial charge in [0.15, 0.2) is 5.96 Å². The lowest BCUT2D eigenvalue weighted by atomic mass is 10.4. The Morgan fingerprint density at radius 3 is 2.67 bits per heavy atom. The van der Waals surface area contributed by atoms with E-state index >= 15 is 0 Å². The maximum absolute atomic E-state index is 12.4. The van der Waals surface area contributed by atoms with Crippen LogP contribution in [0.4, 0.5) is 8.78 Å². The van der Waals surface area contributed by atoms with Crippen molar-refractivity contribution in [2.75, 3.05) is 39.3 Å². The molecular formula is C13H21F2N5O3S. The molecule has 24 heavy (non-hydrogen) atoms. The summed E-state index contributed by atoms with van der Waals surface area (Å²) in [6.45, 7) is 3.11. The van der Waals surface area contributed by atoms with E-state index in [0.29, 0.717) is 31.3 Å². The van der Waals surface area contributed by atoms with Gasteiger partial charge in [-0.25, -0.2) is 22.2 Å². The molecule has 0 unspecified atom stereocenters. The second-order valence-electron chi connectivity index (χ2n) is 5.22. The van der Waals surface area contributed by atoms with Crippen molar-refractivity contribution >= 4 is 16.0 Å². The normalized spacial score (nSPS) is 17.5. The fourth-order valence-corrected chi connectivity index (χ4v) is 3.77. The fourth-order valence-electron chi connectivity index (χ4n) is 2.35. The highest BCUT2D eigenvalue weighted by atomic mass is 32.2. The van der Waals surface area contributed by atoms with Gasteiger partial charge in [-0.3, -0.25) is 0 Å². The number of aromatic nitrogens is 1. The predicted octanol–water partition coefficient (Wildman–Crippen LogP) is 0.353. The number of hydrogen-bond donors (Lipinski definition) is 1. The van der Waals surface area contributed by atoms with Gasteiger partial charge in [-0.1, -0.05) is 5.16 Å². The molecule has 0 atom stereocenters. The highest BCUT2D eigenvalue weighted by Gasteiger charge is 2.29. The van der Waals surface area contributed by atoms with Gasteiger partial charge in [0.2, 0.25) is 10.0 Å². The molecule has 0 aromatic carbocycles. The van der Waals surface area contributed by atoms with Gasteiger partial charge in [-0.2, -0.15) is 4.31 Å². The number of nitrogens with zero attached hydrogens (tertiary/aromatic N) is 4. The second-order valence-corrected chi connectivity index (χ2v) is 7.19. The molecular weight excluding hydrogens is 344 g/mol. The molecule has 1 aromatic heterocycles. The predicted molar refractivity (Wildman–Crippen MR) is 84.3 cm³/mol. The molecule has 11 heteroatoms. The number of halogens is 2. The molecule has 0 aliphatic carbocycles. The minimum absolute atomic E-state index is 0.219. The lowest BCUT2D eigenvalue weighted by Crippen LogP contribution is -2.54. The quantitative estimate of drug-likeness (QED) is 0.578. The Morgan fingerprint density at radius 2 is 2.12 bits per heavy atom. The first-order valence-corrected chi connectivity index (χ1v) is 9.21. The average Bonchev–Trinajstić information content (AvgIpc) is 3.03. The van der Waals surface area contributed by atoms with Gasteiger partial charge in [-0.05, 0) is 6.92 Å². The van der Waals surface area contributed by atoms with Crippen LogP contribution in [0.15, 0.2) is 21.8 Å². The van der Waals surface area contributed by atoms with Crippen LogP contribution in [0.25, 0.3) is 0 Å². The van der Waals surface area contributed by atoms with Crippen molar-refractivity contribution in [3.8, 4) is 0 Å². The molecule has 2 heterocycles. The molecule has 8 nitrogen and oxygen atoms in total. The van der Waals surface area contributed by atoms with E-state index in [9.17, 15) is 17.2 Å². The summed E-state index contributed by atoms with van der Waals surface area (Å²) in [6, 6.07) is 1.51. The Balaban J connectivity index is 1.95. The number of guanidine groups is 1. The Morgan fingerprint density at radius 1 is 1.42 bits per heavy atom. The van der Waals surface area contributed by atoms with Gasteiger partial charge in [0.1, 0.15) is 18.6 Å². The molecule has 136 valence electrons. The number of hydrogen-bond acceptors (Lipinski definition) is 5. The van der Waals surface area contributed by atoms with Crippen molar-refractivity contribution in [3.05, 3.63) is 18.0 Å². The van der Waals surface area contributed by atoms with Gasteiger partial charge in [-0.15, -0.1) is 0 Å². The first-order chi connectivity index (χ1) is 11.4. The number of aliphatic imine (C=N–C) groups is 1. The number of rotatable bonds is 6. The largest absolute Gasteiger partial charge is 0.364 e. The minimum atomic E-state index is -3.49. The van der Waals surface area contributed by atoms with Crippen LogP contribution in [0.5, 0.6) is 0 Å². The number of nitrogens with one attached hydrogen (secondary N) is 1. The van der Waals surface area contributed by atoms with E-state index in [1.807, 2.05) is 6.92 Å². The lowest BCUT2D eigenvalue weighted by molar-refractivity contribution is 0.157. The first-order valence-electron chi connectivity index (χ1n) is 7.61. The number of piperazine rings is 1. The monoisotopic (exact) mass is 365 g/mol. The van der Waals surface area contributed by atoms with Gasteiger partial charge < -0.3 is 14.7 Å². The molecule has 1 aliphatic rings. The maximum atomic E-state index is 12.4. The molecule has 1 aromatic rings. The average molecular weight is 365 g/mol. The summed E-state index contributed by atoms with van der Waals surface area (Å²) < 4.78 is 55.4. The molecule has 0 bridgehead atoms. The fraction of sp³-hybridized carbons (Fsp3) is 0.692. The molecule has 1 saturated heterocycles. The Labute approximate surface area is 139 Å². The molecule has 0 radical (unpaired) electrons. The van der Waals surface area contributed by atoms with E-state index in [1.54, 1.807) is 4.90 Å². The Bertz CT molecular complexity index is 628. The van der Waals surface area contributed by atoms with E-state index in [4.69, 9.17) is 0 Å². The van der Waals surface area contributed by atoms with Gasteiger partial charge in [0, 0.05) is 38.8 Å². The SMILES string of the molecule is CCNC(=NCC(F)F)N1CCN(S(=O)(=O)Cc2ccon2)CC1. The summed E-state index contributed by atoms with van der Waals surface area (Å²) >= 11 is 0. The molecule has 1 N–H and O–H groups in total. The number of sulfonamides is 1. The van der Waals surface area contributed by atoms with Crippen LogP contribution in [0.1, 0.15) is 12.6 Å². The summed E-state index contributed by atoms with van der Waals surface area (Å²) in [5, 5.41) is 6.56. The van der Waals surface area contributed by atoms with E-state index in [2.05, 4.69) is 20.0 Å². The summed E-state index contributed by atoms with van der Waals surface area (Å²) in [7, 11) is -3.49. The zero-order valence-electron chi connectivity index (χ0n) is 13.4. The van der Waals surface area contributed by atoms with Gasteiger partial charge in [0.25, 0.3) is 6.43 Å². The first kappa shape index (κ1) is 18.6. The third-order valence-electron chi connectivity index (χ3n) is 3.47. The minimum Gasteiger partial charge on any atom is -0.364 e. The summed E-state index contributed by atoms with van der Waals surface area (Å²) in [6.07, 6.45) is -1.19. The van der Waals surface area contributed by atoms with Crippen LogP contribution < -0.4 is 5.32 Å². The van der Waals surface area contributed by atoms with Crippen LogP contribution in [0.3, 0.4) is 0 Å². The summed E-state index contributed by atoms with van der Waals surface area (Å²) in [4.78, 5) is 5.66. The van der Waals surface area contributed by atoms with E-state index in [1.165, 1.54) is 16.6 Å². The van der Waals surface area contributed by atoms with Crippen LogP contribution in [0, 0.1) is 0 Å². The highest BCUT2D eigenvalue weighted by molar-refractivity contribution is 7.88. The van der Waals surface area contributed by atoms with Gasteiger partial charge in [0.05, 0.1) is 5.69 Å². The van der Waals surface area contributed by atoms with E-state index in [-0.39, 0.29) is 18.8 Å². The topological polar surface area (TPSA) is 91.0 Å². The van der Waals surface area contributed by atoms with Crippen molar-refractivity contribution in [1.82, 2.24) is 19.7 Å².